The van der Waals surface area contributed by atoms with Crippen LogP contribution in [0.3, 0.4) is 0 Å². The van der Waals surface area contributed by atoms with Gasteiger partial charge in [-0.05, 0) is 54.3 Å². The van der Waals surface area contributed by atoms with Crippen molar-refractivity contribution in [3.8, 4) is 11.5 Å². The molecule has 6 N–H and O–H groups in total. The Labute approximate surface area is 266 Å². The van der Waals surface area contributed by atoms with Crippen LogP contribution < -0.4 is 19.5 Å². The van der Waals surface area contributed by atoms with Gasteiger partial charge in [-0.15, -0.1) is 10.8 Å². The second kappa shape index (κ2) is 14.5. The molecule has 0 aliphatic carbocycles. The summed E-state index contributed by atoms with van der Waals surface area (Å²) in [5.41, 5.74) is 0.660. The van der Waals surface area contributed by atoms with E-state index in [1.54, 1.807) is 24.3 Å². The van der Waals surface area contributed by atoms with Gasteiger partial charge in [-0.25, -0.2) is 13.2 Å². The van der Waals surface area contributed by atoms with Gasteiger partial charge in [-0.3, -0.25) is 23.4 Å². The number of methoxy groups -OCH3 is 1. The molecule has 1 aliphatic rings. The molecule has 0 aromatic heterocycles. The van der Waals surface area contributed by atoms with E-state index in [-0.39, 0.29) is 59.4 Å². The molecule has 242 valence electrons. The van der Waals surface area contributed by atoms with Gasteiger partial charge < -0.3 is 19.9 Å². The largest absolute Gasteiger partial charge is 0.507 e. The van der Waals surface area contributed by atoms with Crippen LogP contribution in [0.5, 0.6) is 11.5 Å². The molecule has 13 nitrogen and oxygen atoms in total. The highest BCUT2D eigenvalue weighted by Crippen LogP contribution is 2.57. The number of rotatable bonds is 13. The van der Waals surface area contributed by atoms with Crippen LogP contribution >= 0.6 is 22.4 Å². The SMILES string of the molecule is COC(=O)c1c(O)cccc1OCCCNC(=O)C(Cc1ccc(C2CC(=O)NS2(O)O)c(Cl)c1)NS(=O)(=O)c1ccccc1. The summed E-state index contributed by atoms with van der Waals surface area (Å²) in [6.07, 6.45) is -0.0119. The molecule has 0 radical (unpaired) electrons. The number of carbonyl (C=O) groups excluding carboxylic acids is 3. The first-order valence-electron chi connectivity index (χ1n) is 13.6. The van der Waals surface area contributed by atoms with Crippen molar-refractivity contribution in [2.24, 2.45) is 0 Å². The quantitative estimate of drug-likeness (QED) is 0.115. The standard InChI is InChI=1S/C29H32ClN3O10S2/c1-42-29(37)27-23(34)9-5-10-24(27)43-14-6-13-31-28(36)22(32-44(38,39)19-7-3-2-4-8-19)16-18-11-12-20(21(30)15-18)25-17-26(35)33-45(25,40)41/h2-5,7-12,15,22,25,32,34,40-41H,6,13-14,16-17H2,1H3,(H,31,36)(H,33,35). The number of carbonyl (C=O) groups is 3. The number of sulfonamides is 1. The third-order valence-corrected chi connectivity index (χ3v) is 10.4. The Balaban J connectivity index is 1.45. The summed E-state index contributed by atoms with van der Waals surface area (Å²) < 4.78 is 61.6. The lowest BCUT2D eigenvalue weighted by molar-refractivity contribution is -0.122. The predicted molar refractivity (Wildman–Crippen MR) is 167 cm³/mol. The van der Waals surface area contributed by atoms with Crippen LogP contribution in [-0.4, -0.2) is 66.7 Å². The molecule has 1 aliphatic heterocycles. The Kier molecular flexibility index (Phi) is 11.0. The number of hydrogen-bond donors (Lipinski definition) is 6. The van der Waals surface area contributed by atoms with Gasteiger partial charge in [0.25, 0.3) is 0 Å². The third-order valence-electron chi connectivity index (χ3n) is 6.82. The molecule has 1 saturated heterocycles. The van der Waals surface area contributed by atoms with Crippen molar-refractivity contribution in [2.45, 2.75) is 35.4 Å². The molecule has 3 aromatic rings. The molecule has 45 heavy (non-hydrogen) atoms. The number of ether oxygens (including phenoxy) is 2. The number of phenols is 1. The maximum Gasteiger partial charge on any atom is 0.345 e. The highest BCUT2D eigenvalue weighted by molar-refractivity contribution is 8.23. The molecule has 4 rings (SSSR count). The summed E-state index contributed by atoms with van der Waals surface area (Å²) in [5.74, 6) is -2.15. The number of phenolic OH excluding ortho intramolecular Hbond substituents is 1. The Morgan fingerprint density at radius 2 is 1.84 bits per heavy atom. The Bertz CT molecular complexity index is 1670. The van der Waals surface area contributed by atoms with E-state index in [4.69, 9.17) is 16.3 Å². The van der Waals surface area contributed by atoms with Crippen LogP contribution in [-0.2, 0) is 30.8 Å². The number of aromatic hydroxyl groups is 1. The summed E-state index contributed by atoms with van der Waals surface area (Å²) in [6, 6.07) is 15.1. The minimum Gasteiger partial charge on any atom is -0.507 e. The van der Waals surface area contributed by atoms with Gasteiger partial charge in [0.05, 0.1) is 25.0 Å². The maximum atomic E-state index is 13.3. The predicted octanol–water partition coefficient (Wildman–Crippen LogP) is 3.53. The number of esters is 1. The van der Waals surface area contributed by atoms with E-state index in [1.807, 2.05) is 0 Å². The van der Waals surface area contributed by atoms with Crippen molar-refractivity contribution in [1.29, 1.82) is 0 Å². The zero-order valence-electron chi connectivity index (χ0n) is 23.9. The zero-order valence-corrected chi connectivity index (χ0v) is 26.3. The minimum atomic E-state index is -4.11. The summed E-state index contributed by atoms with van der Waals surface area (Å²) >= 11 is 6.45. The Morgan fingerprint density at radius 1 is 1.11 bits per heavy atom. The lowest BCUT2D eigenvalue weighted by Crippen LogP contribution is -2.48. The summed E-state index contributed by atoms with van der Waals surface area (Å²) in [5, 5.41) is 11.9. The van der Waals surface area contributed by atoms with Crippen LogP contribution in [0.1, 0.15) is 39.6 Å². The van der Waals surface area contributed by atoms with Gasteiger partial charge in [0.2, 0.25) is 21.8 Å². The first kappa shape index (κ1) is 34.0. The number of amides is 2. The van der Waals surface area contributed by atoms with Crippen molar-refractivity contribution in [2.75, 3.05) is 20.3 Å². The average molecular weight is 682 g/mol. The normalized spacial score (nSPS) is 17.2. The molecule has 16 heteroatoms. The fraction of sp³-hybridized carbons (Fsp3) is 0.276. The topological polar surface area (TPSA) is 201 Å². The monoisotopic (exact) mass is 681 g/mol. The van der Waals surface area contributed by atoms with Crippen LogP contribution in [0, 0.1) is 0 Å². The summed E-state index contributed by atoms with van der Waals surface area (Å²) in [4.78, 5) is 37.0. The second-order valence-corrected chi connectivity index (χ2v) is 14.1. The molecule has 1 fully saturated rings. The smallest absolute Gasteiger partial charge is 0.345 e. The van der Waals surface area contributed by atoms with E-state index in [0.29, 0.717) is 11.1 Å². The van der Waals surface area contributed by atoms with Crippen LogP contribution in [0.15, 0.2) is 71.6 Å². The van der Waals surface area contributed by atoms with Gasteiger partial charge in [0.15, 0.2) is 0 Å². The van der Waals surface area contributed by atoms with E-state index >= 15 is 0 Å². The van der Waals surface area contributed by atoms with Crippen LogP contribution in [0.4, 0.5) is 0 Å². The van der Waals surface area contributed by atoms with Crippen molar-refractivity contribution in [3.63, 3.8) is 0 Å². The van der Waals surface area contributed by atoms with Crippen LogP contribution in [0.2, 0.25) is 5.02 Å². The molecule has 1 heterocycles. The maximum absolute atomic E-state index is 13.3. The van der Waals surface area contributed by atoms with E-state index in [0.717, 1.165) is 0 Å². The number of hydrogen-bond acceptors (Lipinski definition) is 10. The number of nitrogens with one attached hydrogen (secondary N) is 3. The Hall–Kier alpha value is -3.86. The first-order valence-corrected chi connectivity index (χ1v) is 17.0. The zero-order chi connectivity index (χ0) is 32.8. The first-order chi connectivity index (χ1) is 21.3. The summed E-state index contributed by atoms with van der Waals surface area (Å²) in [6.45, 7) is 0.123. The lowest BCUT2D eigenvalue weighted by atomic mass is 10.0. The van der Waals surface area contributed by atoms with Crippen LogP contribution in [0.25, 0.3) is 0 Å². The van der Waals surface area contributed by atoms with Crippen molar-refractivity contribution >= 4 is 50.2 Å². The fourth-order valence-electron chi connectivity index (χ4n) is 4.63. The molecular formula is C29H32ClN3O10S2. The fourth-order valence-corrected chi connectivity index (χ4v) is 7.75. The lowest BCUT2D eigenvalue weighted by Gasteiger charge is -2.33. The highest BCUT2D eigenvalue weighted by atomic mass is 35.5. The van der Waals surface area contributed by atoms with Gasteiger partial charge in [0.1, 0.15) is 28.4 Å². The van der Waals surface area contributed by atoms with E-state index in [1.165, 1.54) is 49.6 Å². The summed E-state index contributed by atoms with van der Waals surface area (Å²) in [7, 11) is -6.39. The molecule has 2 amide bonds. The second-order valence-electron chi connectivity index (χ2n) is 9.99. The van der Waals surface area contributed by atoms with Gasteiger partial charge in [-0.1, -0.05) is 48.0 Å². The third kappa shape index (κ3) is 8.45. The van der Waals surface area contributed by atoms with E-state index in [2.05, 4.69) is 19.5 Å². The van der Waals surface area contributed by atoms with Crippen molar-refractivity contribution < 1.29 is 46.5 Å². The molecule has 0 saturated carbocycles. The van der Waals surface area contributed by atoms with Crippen molar-refractivity contribution in [3.05, 3.63) is 88.4 Å². The van der Waals surface area contributed by atoms with E-state index in [9.17, 15) is 37.0 Å². The molecule has 2 atom stereocenters. The number of halogens is 1. The van der Waals surface area contributed by atoms with Gasteiger partial charge in [0, 0.05) is 11.6 Å². The Morgan fingerprint density at radius 3 is 2.49 bits per heavy atom. The average Bonchev–Trinajstić information content (AvgIpc) is 3.27. The molecule has 2 unspecified atom stereocenters. The molecular weight excluding hydrogens is 650 g/mol. The van der Waals surface area contributed by atoms with Gasteiger partial charge >= 0.3 is 5.97 Å². The number of benzene rings is 3. The molecule has 0 bridgehead atoms. The molecule has 0 spiro atoms. The van der Waals surface area contributed by atoms with Crippen molar-refractivity contribution in [1.82, 2.24) is 14.8 Å². The minimum absolute atomic E-state index is 0.0410. The van der Waals surface area contributed by atoms with Gasteiger partial charge in [-0.2, -0.15) is 4.72 Å². The highest BCUT2D eigenvalue weighted by Gasteiger charge is 2.39. The molecule has 3 aromatic carbocycles. The van der Waals surface area contributed by atoms with E-state index < -0.39 is 49.9 Å².